The Kier molecular flexibility index (Phi) is 4.35. The van der Waals surface area contributed by atoms with Gasteiger partial charge in [0.05, 0.1) is 18.4 Å². The van der Waals surface area contributed by atoms with Crippen molar-refractivity contribution in [2.75, 3.05) is 0 Å². The monoisotopic (exact) mass is 293 g/mol. The molecule has 0 saturated carbocycles. The number of hydrogen-bond acceptors (Lipinski definition) is 3. The van der Waals surface area contributed by atoms with Gasteiger partial charge in [0.15, 0.2) is 0 Å². The molecule has 0 unspecified atom stereocenters. The second-order valence-corrected chi connectivity index (χ2v) is 5.42. The lowest BCUT2D eigenvalue weighted by molar-refractivity contribution is 0.0640. The maximum Gasteiger partial charge on any atom is 0.225 e. The first-order valence-corrected chi connectivity index (χ1v) is 7.45. The maximum absolute atomic E-state index is 5.98. The van der Waals surface area contributed by atoms with Crippen LogP contribution in [0.4, 0.5) is 5.69 Å². The molecule has 0 aliphatic rings. The minimum absolute atomic E-state index is 0.163. The lowest BCUT2D eigenvalue weighted by Gasteiger charge is -2.08. The Morgan fingerprint density at radius 1 is 1.00 bits per heavy atom. The zero-order chi connectivity index (χ0) is 15.4. The SMILES string of the molecule is CC(C)OCc1cc2ccccc2oc1=Nc1ccccc1. The van der Waals surface area contributed by atoms with Crippen molar-refractivity contribution in [2.24, 2.45) is 4.99 Å². The molecule has 3 heteroatoms. The summed E-state index contributed by atoms with van der Waals surface area (Å²) in [6, 6.07) is 19.8. The van der Waals surface area contributed by atoms with E-state index < -0.39 is 0 Å². The first kappa shape index (κ1) is 14.5. The van der Waals surface area contributed by atoms with Crippen LogP contribution in [0.3, 0.4) is 0 Å². The quantitative estimate of drug-likeness (QED) is 0.705. The number of hydrogen-bond donors (Lipinski definition) is 0. The highest BCUT2D eigenvalue weighted by Gasteiger charge is 2.05. The average Bonchev–Trinajstić information content (AvgIpc) is 2.53. The van der Waals surface area contributed by atoms with Gasteiger partial charge in [0.1, 0.15) is 5.58 Å². The van der Waals surface area contributed by atoms with Gasteiger partial charge < -0.3 is 9.15 Å². The molecule has 0 bridgehead atoms. The normalized spacial score (nSPS) is 12.2. The predicted molar refractivity (Wildman–Crippen MR) is 87.8 cm³/mol. The zero-order valence-electron chi connectivity index (χ0n) is 12.8. The third kappa shape index (κ3) is 3.43. The van der Waals surface area contributed by atoms with Crippen molar-refractivity contribution < 1.29 is 9.15 Å². The van der Waals surface area contributed by atoms with E-state index in [4.69, 9.17) is 9.15 Å². The molecule has 0 spiro atoms. The van der Waals surface area contributed by atoms with Crippen LogP contribution in [0.25, 0.3) is 11.0 Å². The molecule has 0 radical (unpaired) electrons. The summed E-state index contributed by atoms with van der Waals surface area (Å²) in [6.45, 7) is 4.52. The van der Waals surface area contributed by atoms with E-state index >= 15 is 0 Å². The Balaban J connectivity index is 2.12. The van der Waals surface area contributed by atoms with Gasteiger partial charge in [-0.25, -0.2) is 4.99 Å². The Bertz CT molecular complexity index is 819. The van der Waals surface area contributed by atoms with Gasteiger partial charge in [0.25, 0.3) is 0 Å². The van der Waals surface area contributed by atoms with Gasteiger partial charge in [0, 0.05) is 10.9 Å². The van der Waals surface area contributed by atoms with Crippen molar-refractivity contribution in [1.29, 1.82) is 0 Å². The smallest absolute Gasteiger partial charge is 0.225 e. The summed E-state index contributed by atoms with van der Waals surface area (Å²) in [5.41, 5.74) is 3.25. The van der Waals surface area contributed by atoms with E-state index in [1.807, 2.05) is 68.4 Å². The maximum atomic E-state index is 5.98. The van der Waals surface area contributed by atoms with Crippen LogP contribution >= 0.6 is 0 Å². The van der Waals surface area contributed by atoms with Crippen molar-refractivity contribution in [2.45, 2.75) is 26.6 Å². The highest BCUT2D eigenvalue weighted by Crippen LogP contribution is 2.15. The van der Waals surface area contributed by atoms with E-state index in [-0.39, 0.29) is 6.10 Å². The Hall–Kier alpha value is -2.39. The summed E-state index contributed by atoms with van der Waals surface area (Å²) in [5, 5.41) is 1.05. The van der Waals surface area contributed by atoms with Crippen molar-refractivity contribution in [3.8, 4) is 0 Å². The van der Waals surface area contributed by atoms with E-state index in [2.05, 4.69) is 11.1 Å². The topological polar surface area (TPSA) is 34.7 Å². The third-order valence-electron chi connectivity index (χ3n) is 3.29. The van der Waals surface area contributed by atoms with Gasteiger partial charge in [-0.15, -0.1) is 0 Å². The molecule has 2 aromatic carbocycles. The fourth-order valence-electron chi connectivity index (χ4n) is 2.19. The number of benzene rings is 2. The fourth-order valence-corrected chi connectivity index (χ4v) is 2.19. The van der Waals surface area contributed by atoms with Gasteiger partial charge in [-0.05, 0) is 38.1 Å². The largest absolute Gasteiger partial charge is 0.438 e. The molecule has 112 valence electrons. The summed E-state index contributed by atoms with van der Waals surface area (Å²) in [6.07, 6.45) is 0.163. The molecule has 3 rings (SSSR count). The molecule has 3 nitrogen and oxygen atoms in total. The molecule has 0 fully saturated rings. The second-order valence-electron chi connectivity index (χ2n) is 5.42. The van der Waals surface area contributed by atoms with Crippen molar-refractivity contribution in [3.05, 3.63) is 71.8 Å². The molecule has 3 aromatic rings. The van der Waals surface area contributed by atoms with Gasteiger partial charge in [-0.2, -0.15) is 0 Å². The summed E-state index contributed by atoms with van der Waals surface area (Å²) in [5.74, 6) is 0. The van der Waals surface area contributed by atoms with Crippen LogP contribution in [0.5, 0.6) is 0 Å². The van der Waals surface area contributed by atoms with Gasteiger partial charge in [-0.1, -0.05) is 36.4 Å². The lowest BCUT2D eigenvalue weighted by atomic mass is 10.2. The van der Waals surface area contributed by atoms with E-state index in [0.717, 1.165) is 22.2 Å². The number of fused-ring (bicyclic) bond motifs is 1. The molecule has 1 heterocycles. The Labute approximate surface area is 129 Å². The van der Waals surface area contributed by atoms with E-state index in [0.29, 0.717) is 12.2 Å². The van der Waals surface area contributed by atoms with Crippen molar-refractivity contribution in [1.82, 2.24) is 0 Å². The number of para-hydroxylation sites is 2. The Morgan fingerprint density at radius 2 is 1.73 bits per heavy atom. The minimum atomic E-state index is 0.163. The fraction of sp³-hybridized carbons (Fsp3) is 0.211. The van der Waals surface area contributed by atoms with E-state index in [1.165, 1.54) is 0 Å². The van der Waals surface area contributed by atoms with Crippen LogP contribution < -0.4 is 5.55 Å². The molecule has 0 saturated heterocycles. The average molecular weight is 293 g/mol. The second kappa shape index (κ2) is 6.58. The van der Waals surface area contributed by atoms with Crippen molar-refractivity contribution in [3.63, 3.8) is 0 Å². The minimum Gasteiger partial charge on any atom is -0.438 e. The van der Waals surface area contributed by atoms with Crippen LogP contribution in [0.1, 0.15) is 19.4 Å². The summed E-state index contributed by atoms with van der Waals surface area (Å²) >= 11 is 0. The number of nitrogens with zero attached hydrogens (tertiary/aromatic N) is 1. The molecular formula is C19H19NO2. The van der Waals surface area contributed by atoms with Gasteiger partial charge in [0.2, 0.25) is 5.55 Å². The molecule has 1 aromatic heterocycles. The standard InChI is InChI=1S/C19H19NO2/c1-14(2)21-13-16-12-15-8-6-7-11-18(15)22-19(16)20-17-9-4-3-5-10-17/h3-12,14H,13H2,1-2H3. The van der Waals surface area contributed by atoms with E-state index in [1.54, 1.807) is 0 Å². The van der Waals surface area contributed by atoms with Gasteiger partial charge >= 0.3 is 0 Å². The van der Waals surface area contributed by atoms with Crippen LogP contribution in [0.2, 0.25) is 0 Å². The highest BCUT2D eigenvalue weighted by molar-refractivity contribution is 5.76. The van der Waals surface area contributed by atoms with E-state index in [9.17, 15) is 0 Å². The molecule has 0 aliphatic heterocycles. The van der Waals surface area contributed by atoms with Crippen LogP contribution in [0.15, 0.2) is 70.1 Å². The molecular weight excluding hydrogens is 274 g/mol. The predicted octanol–water partition coefficient (Wildman–Crippen LogP) is 4.59. The summed E-state index contributed by atoms with van der Waals surface area (Å²) < 4.78 is 11.7. The molecule has 0 N–H and O–H groups in total. The molecule has 0 atom stereocenters. The first-order valence-electron chi connectivity index (χ1n) is 7.45. The third-order valence-corrected chi connectivity index (χ3v) is 3.29. The van der Waals surface area contributed by atoms with Crippen LogP contribution in [0, 0.1) is 0 Å². The lowest BCUT2D eigenvalue weighted by Crippen LogP contribution is -2.13. The molecule has 22 heavy (non-hydrogen) atoms. The van der Waals surface area contributed by atoms with Crippen LogP contribution in [-0.2, 0) is 11.3 Å². The zero-order valence-corrected chi connectivity index (χ0v) is 12.8. The number of ether oxygens (including phenoxy) is 1. The summed E-state index contributed by atoms with van der Waals surface area (Å²) in [7, 11) is 0. The Morgan fingerprint density at radius 3 is 2.50 bits per heavy atom. The molecule has 0 aliphatic carbocycles. The van der Waals surface area contributed by atoms with Crippen molar-refractivity contribution >= 4 is 16.7 Å². The molecule has 0 amide bonds. The van der Waals surface area contributed by atoms with Gasteiger partial charge in [-0.3, -0.25) is 0 Å². The highest BCUT2D eigenvalue weighted by atomic mass is 16.5. The number of rotatable bonds is 4. The first-order chi connectivity index (χ1) is 10.7. The van der Waals surface area contributed by atoms with Crippen LogP contribution in [-0.4, -0.2) is 6.10 Å². The summed E-state index contributed by atoms with van der Waals surface area (Å²) in [4.78, 5) is 4.62.